The number of ether oxygens (including phenoxy) is 8. The molecule has 6 heterocycles. The van der Waals surface area contributed by atoms with Crippen molar-refractivity contribution in [3.8, 4) is 69.2 Å². The number of para-hydroxylation sites is 2. The predicted octanol–water partition coefficient (Wildman–Crippen LogP) is 6.38. The molecule has 8 rings (SSSR count). The summed E-state index contributed by atoms with van der Waals surface area (Å²) in [4.78, 5) is 16.8. The quantitative estimate of drug-likeness (QED) is 0.0713. The Morgan fingerprint density at radius 2 is 0.816 bits per heavy atom. The number of hydrogen-bond acceptors (Lipinski definition) is 20. The molecule has 0 bridgehead atoms. The third-order valence-corrected chi connectivity index (χ3v) is 14.3. The zero-order valence-corrected chi connectivity index (χ0v) is 44.0. The summed E-state index contributed by atoms with van der Waals surface area (Å²) in [6.45, 7) is 0. The van der Waals surface area contributed by atoms with Gasteiger partial charge in [-0.05, 0) is 60.7 Å². The summed E-state index contributed by atoms with van der Waals surface area (Å²) in [5.74, 6) is 0.0240. The van der Waals surface area contributed by atoms with E-state index < -0.39 is 66.5 Å². The standard InChI is InChI=1S/2C25H26FN5O6S/c2*1-34-19-8-6-9-20(35-2)24(19)31-22(29-30-25(31)18-7-5-10-23(28-18)37-4)15-38(32,33)14-21(36-3)17-12-11-16(26)13-27-17/h2*5-13,21H,14-15H2,1-4H3/t2*21-/m10/s1. The molecule has 400 valence electrons. The number of benzene rings is 2. The minimum absolute atomic E-state index is 0.0920. The monoisotopic (exact) mass is 1090 g/mol. The zero-order valence-electron chi connectivity index (χ0n) is 42.3. The van der Waals surface area contributed by atoms with Crippen molar-refractivity contribution in [2.24, 2.45) is 0 Å². The third-order valence-electron chi connectivity index (χ3n) is 11.3. The summed E-state index contributed by atoms with van der Waals surface area (Å²) in [7, 11) is 3.92. The number of halogens is 2. The molecular weight excluding hydrogens is 1030 g/mol. The summed E-state index contributed by atoms with van der Waals surface area (Å²) < 4.78 is 127. The Morgan fingerprint density at radius 3 is 1.12 bits per heavy atom. The molecule has 8 aromatic rings. The molecule has 0 radical (unpaired) electrons. The average Bonchev–Trinajstić information content (AvgIpc) is 4.05. The summed E-state index contributed by atoms with van der Waals surface area (Å²) in [6, 6.07) is 25.7. The lowest BCUT2D eigenvalue weighted by Gasteiger charge is -2.18. The second-order valence-electron chi connectivity index (χ2n) is 16.1. The smallest absolute Gasteiger partial charge is 0.213 e. The first-order valence-corrected chi connectivity index (χ1v) is 26.3. The lowest BCUT2D eigenvalue weighted by molar-refractivity contribution is 0.118. The van der Waals surface area contributed by atoms with E-state index in [1.807, 2.05) is 0 Å². The molecule has 0 amide bonds. The van der Waals surface area contributed by atoms with Crippen LogP contribution in [0.25, 0.3) is 34.4 Å². The van der Waals surface area contributed by atoms with E-state index in [2.05, 4.69) is 40.3 Å². The van der Waals surface area contributed by atoms with Gasteiger partial charge in [-0.15, -0.1) is 20.4 Å². The van der Waals surface area contributed by atoms with E-state index in [0.29, 0.717) is 57.5 Å². The minimum atomic E-state index is -3.86. The molecule has 0 fully saturated rings. The van der Waals surface area contributed by atoms with Gasteiger partial charge in [0.2, 0.25) is 11.8 Å². The fourth-order valence-electron chi connectivity index (χ4n) is 7.71. The fraction of sp³-hybridized carbons (Fsp3) is 0.280. The molecular formula is C50H52F2N10O12S2. The average molecular weight is 1090 g/mol. The number of hydrogen-bond donors (Lipinski definition) is 0. The van der Waals surface area contributed by atoms with Crippen molar-refractivity contribution >= 4 is 19.7 Å². The van der Waals surface area contributed by atoms with E-state index in [-0.39, 0.29) is 34.7 Å². The number of pyridine rings is 4. The van der Waals surface area contributed by atoms with E-state index in [0.717, 1.165) is 12.4 Å². The lowest BCUT2D eigenvalue weighted by Crippen LogP contribution is -2.20. The van der Waals surface area contributed by atoms with Crippen molar-refractivity contribution in [2.45, 2.75) is 23.7 Å². The molecule has 76 heavy (non-hydrogen) atoms. The van der Waals surface area contributed by atoms with Crippen LogP contribution in [0.1, 0.15) is 35.2 Å². The molecule has 6 aromatic heterocycles. The van der Waals surface area contributed by atoms with Crippen LogP contribution < -0.4 is 28.4 Å². The van der Waals surface area contributed by atoms with Crippen molar-refractivity contribution in [3.63, 3.8) is 0 Å². The van der Waals surface area contributed by atoms with Crippen LogP contribution in [0.15, 0.2) is 109 Å². The SMILES string of the molecule is COc1cccc(-c2nnc(CS(=O)(=O)C[C@@H](OC)c3ccc(F)cn3)n2-c2c(OC)cccc2OC)n1.COc1cccc(-c2nnc(CS(=O)(=O)C[C@H](OC)c3ccc(F)cn3)n2-c2c(OC)cccc2OC)n1. The van der Waals surface area contributed by atoms with Gasteiger partial charge in [-0.1, -0.05) is 24.3 Å². The molecule has 0 saturated carbocycles. The number of sulfone groups is 2. The summed E-state index contributed by atoms with van der Waals surface area (Å²) in [6.07, 6.45) is 0.173. The van der Waals surface area contributed by atoms with Gasteiger partial charge in [-0.3, -0.25) is 19.1 Å². The van der Waals surface area contributed by atoms with Crippen molar-refractivity contribution in [3.05, 3.63) is 144 Å². The molecule has 0 saturated heterocycles. The summed E-state index contributed by atoms with van der Waals surface area (Å²) in [5.41, 5.74) is 2.14. The second-order valence-corrected chi connectivity index (χ2v) is 20.3. The number of nitrogens with zero attached hydrogens (tertiary/aromatic N) is 10. The first-order chi connectivity index (χ1) is 36.6. The first kappa shape index (κ1) is 55.5. The van der Waals surface area contributed by atoms with Gasteiger partial charge < -0.3 is 37.9 Å². The molecule has 22 nitrogen and oxygen atoms in total. The van der Waals surface area contributed by atoms with E-state index in [1.54, 1.807) is 72.8 Å². The molecule has 2 aromatic carbocycles. The number of methoxy groups -OCH3 is 8. The highest BCUT2D eigenvalue weighted by Gasteiger charge is 2.31. The predicted molar refractivity (Wildman–Crippen MR) is 271 cm³/mol. The van der Waals surface area contributed by atoms with Gasteiger partial charge >= 0.3 is 0 Å². The third kappa shape index (κ3) is 13.0. The van der Waals surface area contributed by atoms with Gasteiger partial charge in [0.15, 0.2) is 43.0 Å². The second kappa shape index (κ2) is 24.9. The van der Waals surface area contributed by atoms with Gasteiger partial charge in [-0.2, -0.15) is 0 Å². The molecule has 0 N–H and O–H groups in total. The van der Waals surface area contributed by atoms with E-state index in [9.17, 15) is 25.6 Å². The number of rotatable bonds is 22. The lowest BCUT2D eigenvalue weighted by atomic mass is 10.2. The fourth-order valence-corrected chi connectivity index (χ4v) is 10.6. The van der Waals surface area contributed by atoms with Crippen LogP contribution in [0.2, 0.25) is 0 Å². The maximum atomic E-state index is 13.4. The highest BCUT2D eigenvalue weighted by molar-refractivity contribution is 7.90. The van der Waals surface area contributed by atoms with Crippen molar-refractivity contribution < 1.29 is 63.5 Å². The van der Waals surface area contributed by atoms with Crippen molar-refractivity contribution in [1.29, 1.82) is 0 Å². The molecule has 0 spiro atoms. The van der Waals surface area contributed by atoms with E-state index in [1.165, 1.54) is 90.3 Å². The largest absolute Gasteiger partial charge is 0.494 e. The van der Waals surface area contributed by atoms with Gasteiger partial charge in [0, 0.05) is 26.4 Å². The summed E-state index contributed by atoms with van der Waals surface area (Å²) >= 11 is 0. The molecule has 0 unspecified atom stereocenters. The number of aromatic nitrogens is 10. The Bertz CT molecular complexity index is 3210. The van der Waals surface area contributed by atoms with Crippen LogP contribution in [-0.4, -0.2) is 135 Å². The van der Waals surface area contributed by atoms with Crippen LogP contribution in [-0.2, 0) is 40.7 Å². The Kier molecular flexibility index (Phi) is 18.2. The molecule has 0 aliphatic carbocycles. The normalized spacial score (nSPS) is 12.2. The Hall–Kier alpha value is -8.20. The van der Waals surface area contributed by atoms with Gasteiger partial charge in [-0.25, -0.2) is 35.6 Å². The van der Waals surface area contributed by atoms with Gasteiger partial charge in [0.1, 0.15) is 81.1 Å². The first-order valence-electron chi connectivity index (χ1n) is 22.6. The molecule has 0 aliphatic rings. The maximum absolute atomic E-state index is 13.4. The maximum Gasteiger partial charge on any atom is 0.213 e. The van der Waals surface area contributed by atoms with Crippen molar-refractivity contribution in [1.82, 2.24) is 49.5 Å². The van der Waals surface area contributed by atoms with Crippen LogP contribution in [0, 0.1) is 11.6 Å². The Morgan fingerprint density at radius 1 is 0.461 bits per heavy atom. The van der Waals surface area contributed by atoms with E-state index in [4.69, 9.17) is 37.9 Å². The summed E-state index contributed by atoms with van der Waals surface area (Å²) in [5, 5.41) is 17.0. The van der Waals surface area contributed by atoms with Crippen LogP contribution in [0.5, 0.6) is 34.8 Å². The van der Waals surface area contributed by atoms with Gasteiger partial charge in [0.25, 0.3) is 0 Å². The molecule has 2 atom stereocenters. The van der Waals surface area contributed by atoms with E-state index >= 15 is 0 Å². The topological polar surface area (TPSA) is 255 Å². The van der Waals surface area contributed by atoms with Gasteiger partial charge in [0.05, 0.1) is 77.9 Å². The van der Waals surface area contributed by atoms with Crippen LogP contribution in [0.3, 0.4) is 0 Å². The van der Waals surface area contributed by atoms with Crippen molar-refractivity contribution in [2.75, 3.05) is 68.4 Å². The Labute approximate surface area is 436 Å². The molecule has 26 heteroatoms. The van der Waals surface area contributed by atoms with Crippen LogP contribution in [0.4, 0.5) is 8.78 Å². The highest BCUT2D eigenvalue weighted by atomic mass is 32.2. The highest BCUT2D eigenvalue weighted by Crippen LogP contribution is 2.39. The minimum Gasteiger partial charge on any atom is -0.494 e. The molecule has 0 aliphatic heterocycles. The van der Waals surface area contributed by atoms with Crippen LogP contribution >= 0.6 is 0 Å². The Balaban J connectivity index is 0.000000221. The zero-order chi connectivity index (χ0) is 54.6.